The van der Waals surface area contributed by atoms with Gasteiger partial charge in [-0.25, -0.2) is 4.39 Å². The van der Waals surface area contributed by atoms with Gasteiger partial charge in [0.05, 0.1) is 0 Å². The first kappa shape index (κ1) is 21.6. The van der Waals surface area contributed by atoms with Gasteiger partial charge in [-0.05, 0) is 92.7 Å². The van der Waals surface area contributed by atoms with Gasteiger partial charge in [0.1, 0.15) is 5.82 Å². The number of rotatable bonds is 9. The Balaban J connectivity index is 1.31. The molecule has 0 spiro atoms. The van der Waals surface area contributed by atoms with Gasteiger partial charge in [-0.1, -0.05) is 69.7 Å². The molecule has 3 rings (SSSR count). The van der Waals surface area contributed by atoms with E-state index in [0.717, 1.165) is 17.8 Å². The Labute approximate surface area is 173 Å². The van der Waals surface area contributed by atoms with Crippen LogP contribution in [0.3, 0.4) is 0 Å². The van der Waals surface area contributed by atoms with E-state index in [2.05, 4.69) is 19.1 Å². The minimum Gasteiger partial charge on any atom is -0.207 e. The molecule has 0 nitrogen and oxygen atoms in total. The topological polar surface area (TPSA) is 0 Å². The van der Waals surface area contributed by atoms with Gasteiger partial charge in [0.15, 0.2) is 0 Å². The fraction of sp³-hybridized carbons (Fsp3) is 0.704. The lowest BCUT2D eigenvalue weighted by atomic mass is 9.77. The Bertz CT molecular complexity index is 556. The normalized spacial score (nSPS) is 28.6. The molecule has 1 aromatic carbocycles. The molecule has 0 unspecified atom stereocenters. The van der Waals surface area contributed by atoms with Crippen LogP contribution in [0.25, 0.3) is 0 Å². The largest absolute Gasteiger partial charge is 0.207 e. The van der Waals surface area contributed by atoms with Crippen LogP contribution in [0.2, 0.25) is 0 Å². The van der Waals surface area contributed by atoms with Crippen molar-refractivity contribution < 1.29 is 4.39 Å². The molecule has 0 aromatic heterocycles. The maximum absolute atomic E-state index is 13.1. The second-order valence-electron chi connectivity index (χ2n) is 9.53. The summed E-state index contributed by atoms with van der Waals surface area (Å²) < 4.78 is 13.1. The van der Waals surface area contributed by atoms with Crippen LogP contribution in [0.1, 0.15) is 108 Å². The highest BCUT2D eigenvalue weighted by Gasteiger charge is 2.22. The Kier molecular flexibility index (Phi) is 9.09. The lowest BCUT2D eigenvalue weighted by Crippen LogP contribution is -2.14. The molecule has 2 fully saturated rings. The maximum atomic E-state index is 13.1. The smallest absolute Gasteiger partial charge is 0.123 e. The highest BCUT2D eigenvalue weighted by Crippen LogP contribution is 2.37. The Morgan fingerprint density at radius 2 is 1.32 bits per heavy atom. The molecule has 0 amide bonds. The third kappa shape index (κ3) is 7.05. The lowest BCUT2D eigenvalue weighted by Gasteiger charge is -2.29. The van der Waals surface area contributed by atoms with Crippen LogP contribution in [-0.2, 0) is 0 Å². The summed E-state index contributed by atoms with van der Waals surface area (Å²) in [5.74, 6) is 3.14. The van der Waals surface area contributed by atoms with Crippen LogP contribution in [0.15, 0.2) is 36.4 Å². The molecule has 0 aliphatic heterocycles. The molecule has 0 radical (unpaired) electrons. The third-order valence-corrected chi connectivity index (χ3v) is 7.38. The van der Waals surface area contributed by atoms with Crippen molar-refractivity contribution in [3.8, 4) is 0 Å². The van der Waals surface area contributed by atoms with Crippen molar-refractivity contribution >= 4 is 0 Å². The highest BCUT2D eigenvalue weighted by atomic mass is 19.1. The summed E-state index contributed by atoms with van der Waals surface area (Å²) in [6.45, 7) is 2.30. The van der Waals surface area contributed by atoms with Crippen molar-refractivity contribution in [2.24, 2.45) is 17.8 Å². The molecule has 1 aromatic rings. The van der Waals surface area contributed by atoms with Gasteiger partial charge < -0.3 is 0 Å². The zero-order valence-corrected chi connectivity index (χ0v) is 18.1. The zero-order chi connectivity index (χ0) is 19.6. The number of benzene rings is 1. The summed E-state index contributed by atoms with van der Waals surface area (Å²) in [5.41, 5.74) is 1.33. The molecule has 156 valence electrons. The number of hydrogen-bond acceptors (Lipinski definition) is 0. The maximum Gasteiger partial charge on any atom is 0.123 e. The van der Waals surface area contributed by atoms with Crippen molar-refractivity contribution in [1.29, 1.82) is 0 Å². The van der Waals surface area contributed by atoms with Crippen LogP contribution in [-0.4, -0.2) is 0 Å². The quantitative estimate of drug-likeness (QED) is 0.295. The summed E-state index contributed by atoms with van der Waals surface area (Å²) >= 11 is 0. The molecular weight excluding hydrogens is 343 g/mol. The van der Waals surface area contributed by atoms with E-state index < -0.39 is 0 Å². The van der Waals surface area contributed by atoms with E-state index in [1.807, 2.05) is 12.1 Å². The summed E-state index contributed by atoms with van der Waals surface area (Å²) in [7, 11) is 0. The standard InChI is InChI=1S/C27H41F/c1-2-3-4-5-6-7-22-8-10-23(11-9-22)12-13-24-14-16-25(17-15-24)26-18-20-27(28)21-19-26/h12-13,18-25H,2-11,14-17H2,1H3/b13-12+. The summed E-state index contributed by atoms with van der Waals surface area (Å²) in [6.07, 6.45) is 24.6. The molecule has 0 saturated heterocycles. The van der Waals surface area contributed by atoms with E-state index in [0.29, 0.717) is 5.92 Å². The van der Waals surface area contributed by atoms with E-state index in [9.17, 15) is 4.39 Å². The van der Waals surface area contributed by atoms with Crippen LogP contribution >= 0.6 is 0 Å². The first-order valence-electron chi connectivity index (χ1n) is 12.2. The van der Waals surface area contributed by atoms with E-state index in [4.69, 9.17) is 0 Å². The van der Waals surface area contributed by atoms with Crippen LogP contribution in [0.4, 0.5) is 4.39 Å². The van der Waals surface area contributed by atoms with Gasteiger partial charge in [0.2, 0.25) is 0 Å². The Hall–Kier alpha value is -1.11. The van der Waals surface area contributed by atoms with Gasteiger partial charge in [0, 0.05) is 0 Å². The average Bonchev–Trinajstić information content (AvgIpc) is 2.74. The molecule has 2 aliphatic rings. The first-order chi connectivity index (χ1) is 13.7. The van der Waals surface area contributed by atoms with E-state index in [1.54, 1.807) is 12.1 Å². The van der Waals surface area contributed by atoms with Crippen LogP contribution < -0.4 is 0 Å². The van der Waals surface area contributed by atoms with Gasteiger partial charge in [0.25, 0.3) is 0 Å². The summed E-state index contributed by atoms with van der Waals surface area (Å²) in [5, 5.41) is 0. The minimum atomic E-state index is -0.119. The first-order valence-corrected chi connectivity index (χ1v) is 12.2. The molecule has 1 heteroatoms. The van der Waals surface area contributed by atoms with Gasteiger partial charge in [-0.15, -0.1) is 0 Å². The Morgan fingerprint density at radius 3 is 1.93 bits per heavy atom. The lowest BCUT2D eigenvalue weighted by molar-refractivity contribution is 0.287. The predicted molar refractivity (Wildman–Crippen MR) is 119 cm³/mol. The molecule has 2 saturated carbocycles. The number of halogens is 1. The Morgan fingerprint density at radius 1 is 0.750 bits per heavy atom. The van der Waals surface area contributed by atoms with Crippen molar-refractivity contribution in [2.45, 2.75) is 103 Å². The average molecular weight is 385 g/mol. The van der Waals surface area contributed by atoms with E-state index >= 15 is 0 Å². The minimum absolute atomic E-state index is 0.119. The fourth-order valence-electron chi connectivity index (χ4n) is 5.40. The molecule has 0 bridgehead atoms. The van der Waals surface area contributed by atoms with Gasteiger partial charge in [-0.3, -0.25) is 0 Å². The molecule has 0 N–H and O–H groups in total. The van der Waals surface area contributed by atoms with Crippen LogP contribution in [0.5, 0.6) is 0 Å². The molecule has 28 heavy (non-hydrogen) atoms. The number of unbranched alkanes of at least 4 members (excludes halogenated alkanes) is 4. The van der Waals surface area contributed by atoms with Gasteiger partial charge in [-0.2, -0.15) is 0 Å². The van der Waals surface area contributed by atoms with Crippen molar-refractivity contribution in [1.82, 2.24) is 0 Å². The fourth-order valence-corrected chi connectivity index (χ4v) is 5.40. The van der Waals surface area contributed by atoms with Crippen molar-refractivity contribution in [3.63, 3.8) is 0 Å². The number of hydrogen-bond donors (Lipinski definition) is 0. The molecule has 0 atom stereocenters. The van der Waals surface area contributed by atoms with E-state index in [1.165, 1.54) is 95.5 Å². The van der Waals surface area contributed by atoms with Crippen molar-refractivity contribution in [3.05, 3.63) is 47.8 Å². The zero-order valence-electron chi connectivity index (χ0n) is 18.1. The molecular formula is C27H41F. The van der Waals surface area contributed by atoms with Gasteiger partial charge >= 0.3 is 0 Å². The second kappa shape index (κ2) is 11.8. The van der Waals surface area contributed by atoms with Crippen molar-refractivity contribution in [2.75, 3.05) is 0 Å². The van der Waals surface area contributed by atoms with Crippen LogP contribution in [0, 0.1) is 23.6 Å². The molecule has 0 heterocycles. The SMILES string of the molecule is CCCCCCCC1CCC(/C=C/C2CCC(c3ccc(F)cc3)CC2)CC1. The second-order valence-corrected chi connectivity index (χ2v) is 9.53. The molecule has 2 aliphatic carbocycles. The summed E-state index contributed by atoms with van der Waals surface area (Å²) in [4.78, 5) is 0. The third-order valence-electron chi connectivity index (χ3n) is 7.38. The van der Waals surface area contributed by atoms with E-state index in [-0.39, 0.29) is 5.82 Å². The predicted octanol–water partition coefficient (Wildman–Crippen LogP) is 8.82. The summed E-state index contributed by atoms with van der Waals surface area (Å²) in [6, 6.07) is 7.20. The number of allylic oxidation sites excluding steroid dienone is 2. The highest BCUT2D eigenvalue weighted by molar-refractivity contribution is 5.21. The monoisotopic (exact) mass is 384 g/mol.